The van der Waals surface area contributed by atoms with Gasteiger partial charge in [0, 0.05) is 35.2 Å². The van der Waals surface area contributed by atoms with Gasteiger partial charge in [0.2, 0.25) is 0 Å². The number of nitrogens with two attached hydrogens (primary N) is 2. The number of pyridine rings is 1. The van der Waals surface area contributed by atoms with Gasteiger partial charge in [0.15, 0.2) is 11.3 Å². The number of nitrogens with one attached hydrogen (secondary N) is 1. The number of aromatic nitrogens is 1. The molecule has 1 fully saturated rings. The van der Waals surface area contributed by atoms with Gasteiger partial charge in [0.25, 0.3) is 0 Å². The van der Waals surface area contributed by atoms with Gasteiger partial charge in [0.05, 0.1) is 5.60 Å². The van der Waals surface area contributed by atoms with Gasteiger partial charge in [-0.15, -0.1) is 5.10 Å². The molecule has 0 atom stereocenters. The van der Waals surface area contributed by atoms with Gasteiger partial charge in [-0.1, -0.05) is 43.3 Å². The first-order valence-corrected chi connectivity index (χ1v) is 9.78. The van der Waals surface area contributed by atoms with E-state index in [0.717, 1.165) is 36.1 Å². The monoisotopic (exact) mass is 407 g/mol. The third-order valence-electron chi connectivity index (χ3n) is 5.82. The van der Waals surface area contributed by atoms with Crippen LogP contribution in [0.25, 0.3) is 5.70 Å². The molecule has 1 aliphatic carbocycles. The van der Waals surface area contributed by atoms with Gasteiger partial charge in [0.1, 0.15) is 0 Å². The van der Waals surface area contributed by atoms with E-state index in [1.807, 2.05) is 35.0 Å². The molecule has 30 heavy (non-hydrogen) atoms. The zero-order valence-corrected chi connectivity index (χ0v) is 17.5. The fraction of sp³-hybridized carbons (Fsp3) is 0.318. The molecule has 6 N–H and O–H groups in total. The molecule has 8 nitrogen and oxygen atoms in total. The summed E-state index contributed by atoms with van der Waals surface area (Å²) in [6.07, 6.45) is 4.90. The van der Waals surface area contributed by atoms with Crippen LogP contribution < -0.4 is 22.6 Å². The lowest BCUT2D eigenvalue weighted by molar-refractivity contribution is 0.0763. The fourth-order valence-corrected chi connectivity index (χ4v) is 4.02. The normalized spacial score (nSPS) is 16.7. The van der Waals surface area contributed by atoms with Crippen LogP contribution in [-0.2, 0) is 11.0 Å². The Morgan fingerprint density at radius 1 is 1.23 bits per heavy atom. The molecule has 1 aromatic carbocycles. The molecule has 1 heterocycles. The lowest BCUT2D eigenvalue weighted by atomic mass is 9.62. The zero-order valence-electron chi connectivity index (χ0n) is 17.5. The van der Waals surface area contributed by atoms with Crippen LogP contribution in [0.3, 0.4) is 0 Å². The van der Waals surface area contributed by atoms with E-state index in [0.29, 0.717) is 16.9 Å². The number of hydrogen-bond donors (Lipinski definition) is 4. The Morgan fingerprint density at radius 2 is 1.90 bits per heavy atom. The summed E-state index contributed by atoms with van der Waals surface area (Å²) in [5, 5.41) is 22.0. The van der Waals surface area contributed by atoms with Crippen molar-refractivity contribution >= 4 is 18.3 Å². The summed E-state index contributed by atoms with van der Waals surface area (Å²) >= 11 is 0. The zero-order chi connectivity index (χ0) is 21.9. The number of benzene rings is 1. The molecule has 0 saturated heterocycles. The van der Waals surface area contributed by atoms with E-state index < -0.39 is 5.60 Å². The maximum absolute atomic E-state index is 10.5. The lowest BCUT2D eigenvalue weighted by Crippen LogP contribution is -2.42. The van der Waals surface area contributed by atoms with Crippen molar-refractivity contribution in [3.05, 3.63) is 71.4 Å². The van der Waals surface area contributed by atoms with Crippen LogP contribution in [0.2, 0.25) is 0 Å². The van der Waals surface area contributed by atoms with Crippen molar-refractivity contribution in [3.63, 3.8) is 0 Å². The molecular formula is C22H29N7O. The van der Waals surface area contributed by atoms with Crippen LogP contribution in [0.5, 0.6) is 0 Å². The highest BCUT2D eigenvalue weighted by atomic mass is 16.3. The second-order valence-corrected chi connectivity index (χ2v) is 8.00. The first-order valence-electron chi connectivity index (χ1n) is 9.78. The summed E-state index contributed by atoms with van der Waals surface area (Å²) in [5.41, 5.74) is 5.16. The van der Waals surface area contributed by atoms with Crippen LogP contribution in [0.4, 0.5) is 0 Å². The number of allylic oxidation sites excluding steroid dienone is 1. The predicted molar refractivity (Wildman–Crippen MR) is 120 cm³/mol. The van der Waals surface area contributed by atoms with E-state index in [4.69, 9.17) is 11.7 Å². The molecule has 0 spiro atoms. The minimum atomic E-state index is -1.08. The SMILES string of the molecule is C=N/N=C(\NN)c1ccc(C2(C(=C)n3cccc(C(C)(C)O)/c3=N/N)CCC2)cc1. The molecule has 8 heteroatoms. The van der Waals surface area contributed by atoms with Crippen molar-refractivity contribution in [2.75, 3.05) is 0 Å². The van der Waals surface area contributed by atoms with E-state index >= 15 is 0 Å². The first kappa shape index (κ1) is 21.5. The van der Waals surface area contributed by atoms with E-state index in [9.17, 15) is 5.11 Å². The molecular weight excluding hydrogens is 378 g/mol. The number of aliphatic hydroxyl groups is 1. The van der Waals surface area contributed by atoms with E-state index in [1.165, 1.54) is 0 Å². The summed E-state index contributed by atoms with van der Waals surface area (Å²) in [4.78, 5) is 0. The Labute approximate surface area is 176 Å². The quantitative estimate of drug-likeness (QED) is 0.252. The molecule has 1 saturated carbocycles. The highest BCUT2D eigenvalue weighted by molar-refractivity contribution is 5.98. The minimum absolute atomic E-state index is 0.245. The van der Waals surface area contributed by atoms with Gasteiger partial charge in [-0.05, 0) is 38.3 Å². The van der Waals surface area contributed by atoms with E-state index in [1.54, 1.807) is 13.8 Å². The van der Waals surface area contributed by atoms with Crippen molar-refractivity contribution in [1.29, 1.82) is 0 Å². The molecule has 158 valence electrons. The second kappa shape index (κ2) is 8.25. The number of rotatable bonds is 6. The molecule has 0 bridgehead atoms. The van der Waals surface area contributed by atoms with E-state index in [2.05, 4.69) is 46.2 Å². The number of amidine groups is 1. The Kier molecular flexibility index (Phi) is 5.91. The van der Waals surface area contributed by atoms with Crippen molar-refractivity contribution in [2.24, 2.45) is 27.0 Å². The van der Waals surface area contributed by atoms with Crippen LogP contribution in [0.1, 0.15) is 49.8 Å². The first-order chi connectivity index (χ1) is 14.3. The van der Waals surface area contributed by atoms with Crippen LogP contribution >= 0.6 is 0 Å². The third-order valence-corrected chi connectivity index (χ3v) is 5.82. The second-order valence-electron chi connectivity index (χ2n) is 8.00. The molecule has 2 aromatic rings. The van der Waals surface area contributed by atoms with Gasteiger partial charge < -0.3 is 20.9 Å². The van der Waals surface area contributed by atoms with Gasteiger partial charge in [-0.2, -0.15) is 10.2 Å². The lowest BCUT2D eigenvalue weighted by Gasteiger charge is -2.44. The topological polar surface area (TPSA) is 126 Å². The van der Waals surface area contributed by atoms with Crippen LogP contribution in [0.15, 0.2) is 64.5 Å². The van der Waals surface area contributed by atoms with Crippen molar-refractivity contribution in [2.45, 2.75) is 44.1 Å². The molecule has 0 radical (unpaired) electrons. The average molecular weight is 408 g/mol. The van der Waals surface area contributed by atoms with Gasteiger partial charge >= 0.3 is 0 Å². The smallest absolute Gasteiger partial charge is 0.169 e. The third kappa shape index (κ3) is 3.67. The summed E-state index contributed by atoms with van der Waals surface area (Å²) < 4.78 is 1.89. The van der Waals surface area contributed by atoms with Crippen molar-refractivity contribution < 1.29 is 5.11 Å². The molecule has 1 aromatic heterocycles. The maximum atomic E-state index is 10.5. The molecule has 0 aliphatic heterocycles. The van der Waals surface area contributed by atoms with Crippen molar-refractivity contribution in [3.8, 4) is 0 Å². The standard InChI is InChI=1S/C22H29N7O/c1-15(29-14-5-7-18(20(29)27-24)21(2,3)30)22(12-6-13-22)17-10-8-16(9-11-17)19(26-23)28-25-4/h5,7-11,14,30H,1,4,6,12-13,23-24H2,2-3H3,(H,26,28)/b27-20-. The minimum Gasteiger partial charge on any atom is -0.386 e. The maximum Gasteiger partial charge on any atom is 0.169 e. The van der Waals surface area contributed by atoms with Crippen molar-refractivity contribution in [1.82, 2.24) is 9.99 Å². The van der Waals surface area contributed by atoms with Crippen LogP contribution in [-0.4, -0.2) is 22.2 Å². The molecule has 1 aliphatic rings. The summed E-state index contributed by atoms with van der Waals surface area (Å²) in [7, 11) is 0. The fourth-order valence-electron chi connectivity index (χ4n) is 4.02. The Balaban J connectivity index is 2.06. The Morgan fingerprint density at radius 3 is 2.37 bits per heavy atom. The van der Waals surface area contributed by atoms with Gasteiger partial charge in [-0.25, -0.2) is 5.84 Å². The predicted octanol–water partition coefficient (Wildman–Crippen LogP) is 1.91. The Bertz CT molecular complexity index is 1040. The number of hydrogen-bond acceptors (Lipinski definition) is 6. The summed E-state index contributed by atoms with van der Waals surface area (Å²) in [6.45, 7) is 11.2. The van der Waals surface area contributed by atoms with Gasteiger partial charge in [-0.3, -0.25) is 0 Å². The highest BCUT2D eigenvalue weighted by Gasteiger charge is 2.42. The largest absolute Gasteiger partial charge is 0.386 e. The molecule has 0 unspecified atom stereocenters. The number of hydrazine groups is 1. The summed E-state index contributed by atoms with van der Waals surface area (Å²) in [6, 6.07) is 11.7. The van der Waals surface area contributed by atoms with Crippen LogP contribution in [0, 0.1) is 0 Å². The summed E-state index contributed by atoms with van der Waals surface area (Å²) in [5.74, 6) is 11.7. The highest BCUT2D eigenvalue weighted by Crippen LogP contribution is 2.50. The molecule has 0 amide bonds. The number of nitrogens with zero attached hydrogens (tertiary/aromatic N) is 4. The van der Waals surface area contributed by atoms with E-state index in [-0.39, 0.29) is 5.41 Å². The Hall–Kier alpha value is -3.23. The average Bonchev–Trinajstić information content (AvgIpc) is 2.70. The molecule has 3 rings (SSSR count).